The highest BCUT2D eigenvalue weighted by Gasteiger charge is 2.47. The lowest BCUT2D eigenvalue weighted by atomic mass is 9.84. The summed E-state index contributed by atoms with van der Waals surface area (Å²) < 4.78 is 10.6. The van der Waals surface area contributed by atoms with Crippen molar-refractivity contribution in [1.82, 2.24) is 0 Å². The Balaban J connectivity index is 2.18. The van der Waals surface area contributed by atoms with Gasteiger partial charge in [0.15, 0.2) is 6.29 Å². The number of nitrogens with zero attached hydrogens (tertiary/aromatic N) is 1. The number of hydrogen-bond donors (Lipinski definition) is 7. The molecule has 24 heavy (non-hydrogen) atoms. The van der Waals surface area contributed by atoms with Gasteiger partial charge in [0.2, 0.25) is 0 Å². The molecule has 10 heteroatoms. The maximum Gasteiger partial charge on any atom is 0.187 e. The fourth-order valence-electron chi connectivity index (χ4n) is 2.82. The third kappa shape index (κ3) is 3.60. The summed E-state index contributed by atoms with van der Waals surface area (Å²) in [5.41, 5.74) is -0.0211. The third-order valence-corrected chi connectivity index (χ3v) is 4.26. The predicted octanol–water partition coefficient (Wildman–Crippen LogP) is -3.89. The monoisotopic (exact) mass is 347 g/mol. The summed E-state index contributed by atoms with van der Waals surface area (Å²) in [5, 5.41) is 76.7. The quantitative estimate of drug-likeness (QED) is 0.249. The zero-order valence-corrected chi connectivity index (χ0v) is 12.6. The lowest BCUT2D eigenvalue weighted by Gasteiger charge is -2.43. The van der Waals surface area contributed by atoms with Gasteiger partial charge >= 0.3 is 0 Å². The number of hydrogen-bond acceptors (Lipinski definition) is 10. The van der Waals surface area contributed by atoms with Crippen molar-refractivity contribution in [3.63, 3.8) is 0 Å². The molecule has 1 heterocycles. The van der Waals surface area contributed by atoms with Gasteiger partial charge in [0.05, 0.1) is 24.9 Å². The second-order valence-electron chi connectivity index (χ2n) is 5.83. The SMILES string of the molecule is N#C/C=C1/C(OC2OC(CO)C(O)C(O)C2O)CC(O)C(O)C1O. The molecule has 136 valence electrons. The number of rotatable bonds is 3. The van der Waals surface area contributed by atoms with Gasteiger partial charge in [0.25, 0.3) is 0 Å². The Morgan fingerprint density at radius 3 is 2.33 bits per heavy atom. The van der Waals surface area contributed by atoms with E-state index >= 15 is 0 Å². The maximum atomic E-state index is 9.95. The molecule has 0 amide bonds. The molecule has 0 aromatic rings. The highest BCUT2D eigenvalue weighted by Crippen LogP contribution is 2.31. The van der Waals surface area contributed by atoms with Crippen molar-refractivity contribution in [2.75, 3.05) is 6.61 Å². The lowest BCUT2D eigenvalue weighted by molar-refractivity contribution is -0.312. The molecule has 10 nitrogen and oxygen atoms in total. The molecule has 2 aliphatic rings. The van der Waals surface area contributed by atoms with Crippen molar-refractivity contribution in [2.24, 2.45) is 0 Å². The zero-order valence-electron chi connectivity index (χ0n) is 12.6. The van der Waals surface area contributed by atoms with E-state index in [-0.39, 0.29) is 12.0 Å². The van der Waals surface area contributed by atoms with Gasteiger partial charge in [-0.15, -0.1) is 0 Å². The minimum absolute atomic E-state index is 0.0211. The minimum atomic E-state index is -1.66. The molecule has 1 saturated carbocycles. The predicted molar refractivity (Wildman–Crippen MR) is 75.0 cm³/mol. The van der Waals surface area contributed by atoms with Gasteiger partial charge < -0.3 is 45.2 Å². The van der Waals surface area contributed by atoms with Gasteiger partial charge in [-0.05, 0) is 0 Å². The van der Waals surface area contributed by atoms with E-state index in [4.69, 9.17) is 19.8 Å². The van der Waals surface area contributed by atoms with Crippen LogP contribution in [-0.4, -0.2) is 97.5 Å². The summed E-state index contributed by atoms with van der Waals surface area (Å²) in [6.45, 7) is -0.639. The molecular formula is C14H21NO9. The Kier molecular flexibility index (Phi) is 6.27. The first-order chi connectivity index (χ1) is 11.3. The van der Waals surface area contributed by atoms with E-state index in [2.05, 4.69) is 0 Å². The fraction of sp³-hybridized carbons (Fsp3) is 0.786. The number of ether oxygens (including phenoxy) is 2. The van der Waals surface area contributed by atoms with E-state index in [9.17, 15) is 30.6 Å². The molecule has 9 unspecified atom stereocenters. The molecule has 2 fully saturated rings. The average molecular weight is 347 g/mol. The summed E-state index contributed by atoms with van der Waals surface area (Å²) >= 11 is 0. The Labute approximate surface area is 137 Å². The summed E-state index contributed by atoms with van der Waals surface area (Å²) in [6, 6.07) is 1.69. The van der Waals surface area contributed by atoms with Crippen molar-refractivity contribution in [3.8, 4) is 6.07 Å². The molecule has 0 aromatic carbocycles. The summed E-state index contributed by atoms with van der Waals surface area (Å²) in [6.07, 6.45) is -12.2. The molecule has 1 aliphatic heterocycles. The van der Waals surface area contributed by atoms with Crippen LogP contribution in [0.4, 0.5) is 0 Å². The van der Waals surface area contributed by atoms with E-state index in [0.717, 1.165) is 6.08 Å². The van der Waals surface area contributed by atoms with Crippen LogP contribution in [-0.2, 0) is 9.47 Å². The van der Waals surface area contributed by atoms with E-state index in [1.54, 1.807) is 6.07 Å². The minimum Gasteiger partial charge on any atom is -0.394 e. The Hall–Kier alpha value is -1.13. The number of aliphatic hydroxyl groups is 7. The first-order valence-corrected chi connectivity index (χ1v) is 7.41. The van der Waals surface area contributed by atoms with Crippen LogP contribution < -0.4 is 0 Å². The molecule has 0 aromatic heterocycles. The number of aliphatic hydroxyl groups excluding tert-OH is 7. The van der Waals surface area contributed by atoms with Gasteiger partial charge in [-0.1, -0.05) is 0 Å². The standard InChI is InChI=1S/C14H21NO9/c15-2-1-5-7(3-6(17)10(19)9(5)18)23-14-13(22)12(21)11(20)8(4-16)24-14/h1,6-14,16-22H,3-4H2/b5-1-. The largest absolute Gasteiger partial charge is 0.394 e. The first-order valence-electron chi connectivity index (χ1n) is 7.41. The highest BCUT2D eigenvalue weighted by molar-refractivity contribution is 5.26. The van der Waals surface area contributed by atoms with Gasteiger partial charge in [-0.2, -0.15) is 5.26 Å². The lowest BCUT2D eigenvalue weighted by Crippen LogP contribution is -2.60. The van der Waals surface area contributed by atoms with E-state index in [1.165, 1.54) is 0 Å². The topological polar surface area (TPSA) is 184 Å². The number of allylic oxidation sites excluding steroid dienone is 1. The van der Waals surface area contributed by atoms with Crippen LogP contribution in [0.5, 0.6) is 0 Å². The van der Waals surface area contributed by atoms with E-state index in [1.807, 2.05) is 0 Å². The molecule has 1 saturated heterocycles. The summed E-state index contributed by atoms with van der Waals surface area (Å²) in [5.74, 6) is 0. The second-order valence-corrected chi connectivity index (χ2v) is 5.83. The van der Waals surface area contributed by atoms with Crippen molar-refractivity contribution in [2.45, 2.75) is 61.5 Å². The van der Waals surface area contributed by atoms with Crippen molar-refractivity contribution in [3.05, 3.63) is 11.6 Å². The van der Waals surface area contributed by atoms with Gasteiger partial charge in [0.1, 0.15) is 36.6 Å². The number of nitriles is 1. The van der Waals surface area contributed by atoms with Gasteiger partial charge in [-0.25, -0.2) is 0 Å². The van der Waals surface area contributed by atoms with Crippen LogP contribution in [0.25, 0.3) is 0 Å². The van der Waals surface area contributed by atoms with Gasteiger partial charge in [0, 0.05) is 18.1 Å². The van der Waals surface area contributed by atoms with Crippen molar-refractivity contribution < 1.29 is 45.2 Å². The van der Waals surface area contributed by atoms with Crippen LogP contribution in [0.1, 0.15) is 6.42 Å². The van der Waals surface area contributed by atoms with Crippen LogP contribution in [0.3, 0.4) is 0 Å². The Morgan fingerprint density at radius 1 is 1.08 bits per heavy atom. The molecule has 9 atom stereocenters. The normalized spacial score (nSPS) is 48.2. The molecule has 2 rings (SSSR count). The third-order valence-electron chi connectivity index (χ3n) is 4.26. The molecule has 1 aliphatic carbocycles. The molecule has 7 N–H and O–H groups in total. The van der Waals surface area contributed by atoms with Crippen LogP contribution in [0.15, 0.2) is 11.6 Å². The zero-order chi connectivity index (χ0) is 18.0. The first kappa shape index (κ1) is 19.2. The van der Waals surface area contributed by atoms with Crippen LogP contribution >= 0.6 is 0 Å². The molecule has 0 spiro atoms. The highest BCUT2D eigenvalue weighted by atomic mass is 16.7. The van der Waals surface area contributed by atoms with Crippen molar-refractivity contribution >= 4 is 0 Å². The fourth-order valence-corrected chi connectivity index (χ4v) is 2.82. The summed E-state index contributed by atoms with van der Waals surface area (Å²) in [7, 11) is 0. The van der Waals surface area contributed by atoms with Crippen LogP contribution in [0.2, 0.25) is 0 Å². The van der Waals surface area contributed by atoms with E-state index in [0.29, 0.717) is 0 Å². The van der Waals surface area contributed by atoms with E-state index < -0.39 is 61.7 Å². The molecular weight excluding hydrogens is 326 g/mol. The van der Waals surface area contributed by atoms with Crippen LogP contribution in [0, 0.1) is 11.3 Å². The average Bonchev–Trinajstić information content (AvgIpc) is 2.56. The molecule has 0 bridgehead atoms. The van der Waals surface area contributed by atoms with Crippen molar-refractivity contribution in [1.29, 1.82) is 5.26 Å². The Morgan fingerprint density at radius 2 is 1.75 bits per heavy atom. The van der Waals surface area contributed by atoms with Gasteiger partial charge in [-0.3, -0.25) is 0 Å². The second kappa shape index (κ2) is 7.83. The maximum absolute atomic E-state index is 9.95. The smallest absolute Gasteiger partial charge is 0.187 e. The Bertz CT molecular complexity index is 505. The summed E-state index contributed by atoms with van der Waals surface area (Å²) in [4.78, 5) is 0. The molecule has 0 radical (unpaired) electrons.